The highest BCUT2D eigenvalue weighted by Crippen LogP contribution is 2.23. The molecule has 0 amide bonds. The van der Waals surface area contributed by atoms with Crippen molar-refractivity contribution in [1.29, 1.82) is 0 Å². The van der Waals surface area contributed by atoms with E-state index in [1.54, 1.807) is 12.1 Å². The number of hydrogen-bond donors (Lipinski definition) is 1. The number of ether oxygens (including phenoxy) is 1. The lowest BCUT2D eigenvalue weighted by Gasteiger charge is -2.06. The lowest BCUT2D eigenvalue weighted by Crippen LogP contribution is -2.03. The molecule has 0 aromatic heterocycles. The maximum absolute atomic E-state index is 12.4. The van der Waals surface area contributed by atoms with Gasteiger partial charge in [0.05, 0.1) is 16.6 Å². The van der Waals surface area contributed by atoms with Crippen molar-refractivity contribution in [2.24, 2.45) is 0 Å². The molecule has 0 aliphatic rings. The van der Waals surface area contributed by atoms with Crippen LogP contribution in [-0.4, -0.2) is 17.5 Å². The van der Waals surface area contributed by atoms with E-state index in [1.165, 1.54) is 18.2 Å². The summed E-state index contributed by atoms with van der Waals surface area (Å²) in [5, 5.41) is 10.0. The standard InChI is InChI=1S/C18H14Br2O4/c1-2-24-16-6-4-3-5-11(16)7-8-15(21)13-9-12(19)10-14(20)18(23)17(13)22/h3-10H,2H2,1H3,(H,22,23)/b8-7-. The quantitative estimate of drug-likeness (QED) is 0.531. The summed E-state index contributed by atoms with van der Waals surface area (Å²) in [6.45, 7) is 2.38. The lowest BCUT2D eigenvalue weighted by atomic mass is 10.1. The minimum absolute atomic E-state index is 0.0808. The number of benzene rings is 1. The Hall–Kier alpha value is -1.92. The van der Waals surface area contributed by atoms with Crippen molar-refractivity contribution < 1.29 is 14.6 Å². The molecule has 0 atom stereocenters. The molecule has 1 N–H and O–H groups in total. The van der Waals surface area contributed by atoms with Gasteiger partial charge in [-0.3, -0.25) is 9.59 Å². The number of para-hydroxylation sites is 1. The monoisotopic (exact) mass is 452 g/mol. The molecule has 0 aliphatic heterocycles. The molecule has 24 heavy (non-hydrogen) atoms. The topological polar surface area (TPSA) is 63.6 Å². The number of allylic oxidation sites excluding steroid dienone is 1. The van der Waals surface area contributed by atoms with Crippen LogP contribution in [-0.2, 0) is 0 Å². The summed E-state index contributed by atoms with van der Waals surface area (Å²) in [5.41, 5.74) is 0.00460. The number of carbonyl (C=O) groups excluding carboxylic acids is 1. The Labute approximate surface area is 156 Å². The van der Waals surface area contributed by atoms with Gasteiger partial charge in [-0.15, -0.1) is 0 Å². The molecule has 6 heteroatoms. The predicted molar refractivity (Wildman–Crippen MR) is 101 cm³/mol. The van der Waals surface area contributed by atoms with Crippen LogP contribution in [0.5, 0.6) is 11.5 Å². The van der Waals surface area contributed by atoms with Crippen LogP contribution >= 0.6 is 31.9 Å². The molecule has 0 heterocycles. The van der Waals surface area contributed by atoms with E-state index in [0.717, 1.165) is 5.56 Å². The van der Waals surface area contributed by atoms with Gasteiger partial charge in [-0.25, -0.2) is 0 Å². The van der Waals surface area contributed by atoms with Crippen LogP contribution in [0.25, 0.3) is 6.08 Å². The minimum Gasteiger partial charge on any atom is -0.504 e. The molecule has 2 aromatic carbocycles. The van der Waals surface area contributed by atoms with Gasteiger partial charge in [0.2, 0.25) is 5.43 Å². The first kappa shape index (κ1) is 18.4. The Bertz CT molecular complexity index is 860. The number of carbonyl (C=O) groups is 1. The van der Waals surface area contributed by atoms with Crippen LogP contribution in [0, 0.1) is 0 Å². The molecular formula is C18H14Br2O4. The third-order valence-electron chi connectivity index (χ3n) is 3.13. The minimum atomic E-state index is -0.646. The van der Waals surface area contributed by atoms with Crippen molar-refractivity contribution in [1.82, 2.24) is 0 Å². The van der Waals surface area contributed by atoms with Crippen LogP contribution in [0.3, 0.4) is 0 Å². The number of hydrogen-bond acceptors (Lipinski definition) is 4. The van der Waals surface area contributed by atoms with Gasteiger partial charge in [-0.2, -0.15) is 0 Å². The van der Waals surface area contributed by atoms with Crippen molar-refractivity contribution in [2.75, 3.05) is 6.61 Å². The molecule has 4 nitrogen and oxygen atoms in total. The maximum Gasteiger partial charge on any atom is 0.235 e. The molecule has 0 saturated heterocycles. The molecule has 124 valence electrons. The normalized spacial score (nSPS) is 10.8. The predicted octanol–water partition coefficient (Wildman–Crippen LogP) is 4.57. The Morgan fingerprint density at radius 1 is 1.25 bits per heavy atom. The van der Waals surface area contributed by atoms with E-state index >= 15 is 0 Å². The zero-order chi connectivity index (χ0) is 17.7. The Morgan fingerprint density at radius 2 is 1.96 bits per heavy atom. The summed E-state index contributed by atoms with van der Waals surface area (Å²) >= 11 is 6.30. The highest BCUT2D eigenvalue weighted by Gasteiger charge is 2.13. The van der Waals surface area contributed by atoms with Gasteiger partial charge in [0, 0.05) is 10.0 Å². The van der Waals surface area contributed by atoms with Gasteiger partial charge in [0.25, 0.3) is 0 Å². The van der Waals surface area contributed by atoms with Crippen LogP contribution < -0.4 is 10.2 Å². The van der Waals surface area contributed by atoms with Crippen molar-refractivity contribution in [2.45, 2.75) is 6.92 Å². The molecule has 2 rings (SSSR count). The summed E-state index contributed by atoms with van der Waals surface area (Å²) in [6.07, 6.45) is 2.89. The zero-order valence-corrected chi connectivity index (χ0v) is 15.9. The SMILES string of the molecule is CCOc1ccccc1/C=C\C(=O)c1cc(Br)cc(Br)c(=O)c1O. The van der Waals surface area contributed by atoms with Crippen LogP contribution in [0.4, 0.5) is 0 Å². The molecule has 0 bridgehead atoms. The fraction of sp³-hybridized carbons (Fsp3) is 0.111. The number of halogens is 2. The molecule has 0 radical (unpaired) electrons. The van der Waals surface area contributed by atoms with Crippen molar-refractivity contribution in [3.8, 4) is 11.5 Å². The zero-order valence-electron chi connectivity index (χ0n) is 12.8. The second kappa shape index (κ2) is 8.26. The fourth-order valence-electron chi connectivity index (χ4n) is 2.02. The van der Waals surface area contributed by atoms with Crippen molar-refractivity contribution in [3.05, 3.63) is 72.8 Å². The molecule has 0 aliphatic carbocycles. The number of aromatic hydroxyl groups is 1. The van der Waals surface area contributed by atoms with E-state index in [1.807, 2.05) is 25.1 Å². The maximum atomic E-state index is 12.4. The summed E-state index contributed by atoms with van der Waals surface area (Å²) in [5.74, 6) is -0.430. The molecule has 2 aromatic rings. The second-order valence-corrected chi connectivity index (χ2v) is 6.55. The van der Waals surface area contributed by atoms with Gasteiger partial charge in [0.1, 0.15) is 5.75 Å². The third-order valence-corrected chi connectivity index (χ3v) is 4.18. The summed E-state index contributed by atoms with van der Waals surface area (Å²) in [6, 6.07) is 10.2. The molecule has 0 unspecified atom stereocenters. The van der Waals surface area contributed by atoms with Crippen molar-refractivity contribution >= 4 is 43.7 Å². The average Bonchev–Trinajstić information content (AvgIpc) is 2.66. The first-order valence-electron chi connectivity index (χ1n) is 7.10. The van der Waals surface area contributed by atoms with E-state index in [0.29, 0.717) is 16.8 Å². The van der Waals surface area contributed by atoms with Crippen LogP contribution in [0.1, 0.15) is 22.8 Å². The fourth-order valence-corrected chi connectivity index (χ4v) is 3.22. The lowest BCUT2D eigenvalue weighted by molar-refractivity contribution is 0.104. The van der Waals surface area contributed by atoms with E-state index in [4.69, 9.17) is 4.74 Å². The van der Waals surface area contributed by atoms with Gasteiger partial charge in [-0.1, -0.05) is 34.1 Å². The Morgan fingerprint density at radius 3 is 2.67 bits per heavy atom. The van der Waals surface area contributed by atoms with E-state index in [2.05, 4.69) is 31.9 Å². The van der Waals surface area contributed by atoms with Gasteiger partial charge in [0.15, 0.2) is 11.5 Å². The molecular weight excluding hydrogens is 440 g/mol. The Balaban J connectivity index is 2.42. The van der Waals surface area contributed by atoms with Crippen molar-refractivity contribution in [3.63, 3.8) is 0 Å². The summed E-state index contributed by atoms with van der Waals surface area (Å²) in [4.78, 5) is 24.3. The van der Waals surface area contributed by atoms with E-state index < -0.39 is 17.0 Å². The largest absolute Gasteiger partial charge is 0.504 e. The Kier molecular flexibility index (Phi) is 6.34. The smallest absolute Gasteiger partial charge is 0.235 e. The average molecular weight is 454 g/mol. The van der Waals surface area contributed by atoms with E-state index in [9.17, 15) is 14.7 Å². The number of rotatable bonds is 5. The summed E-state index contributed by atoms with van der Waals surface area (Å²) in [7, 11) is 0. The first-order valence-corrected chi connectivity index (χ1v) is 8.69. The van der Waals surface area contributed by atoms with Gasteiger partial charge in [-0.05, 0) is 53.2 Å². The molecule has 0 fully saturated rings. The highest BCUT2D eigenvalue weighted by atomic mass is 79.9. The second-order valence-electron chi connectivity index (χ2n) is 4.78. The highest BCUT2D eigenvalue weighted by molar-refractivity contribution is 9.11. The molecule has 0 saturated carbocycles. The van der Waals surface area contributed by atoms with Gasteiger partial charge >= 0.3 is 0 Å². The van der Waals surface area contributed by atoms with Crippen LogP contribution in [0.15, 0.2) is 56.2 Å². The van der Waals surface area contributed by atoms with Gasteiger partial charge < -0.3 is 9.84 Å². The molecule has 0 spiro atoms. The first-order chi connectivity index (χ1) is 11.4. The number of ketones is 1. The van der Waals surface area contributed by atoms with E-state index in [-0.39, 0.29) is 10.0 Å². The summed E-state index contributed by atoms with van der Waals surface area (Å²) < 4.78 is 6.15. The van der Waals surface area contributed by atoms with Crippen LogP contribution in [0.2, 0.25) is 0 Å². The third kappa shape index (κ3) is 4.33.